The smallest absolute Gasteiger partial charge is 0.459 e. The van der Waals surface area contributed by atoms with Gasteiger partial charge in [-0.1, -0.05) is 25.8 Å². The molecule has 28 heavy (non-hydrogen) atoms. The zero-order chi connectivity index (χ0) is 22.0. The van der Waals surface area contributed by atoms with Crippen LogP contribution >= 0.6 is 0 Å². The summed E-state index contributed by atoms with van der Waals surface area (Å²) in [5.74, 6) is -2.00. The summed E-state index contributed by atoms with van der Waals surface area (Å²) in [5, 5.41) is 0. The number of hydrogen-bond donors (Lipinski definition) is 0. The van der Waals surface area contributed by atoms with E-state index < -0.39 is 59.7 Å². The maximum Gasteiger partial charge on any atom is 0.498 e. The quantitative estimate of drug-likeness (QED) is 0.329. The van der Waals surface area contributed by atoms with Crippen molar-refractivity contribution >= 4 is 25.6 Å². The first-order valence-electron chi connectivity index (χ1n) is 7.99. The van der Waals surface area contributed by atoms with Crippen LogP contribution in [-0.2, 0) is 29.2 Å². The Kier molecular flexibility index (Phi) is 7.59. The number of ether oxygens (including phenoxy) is 1. The molecule has 0 radical (unpaired) electrons. The highest BCUT2D eigenvalue weighted by Gasteiger charge is 2.63. The SMILES string of the molecule is C=CC(=O)OC(CC(S(=O)(=O)C(F)(F)F)S(=O)(=O)C(F)(F)F)C1CCCCC1. The number of rotatable bonds is 7. The summed E-state index contributed by atoms with van der Waals surface area (Å²) in [6.07, 6.45) is -0.700. The van der Waals surface area contributed by atoms with Gasteiger partial charge in [0, 0.05) is 12.5 Å². The lowest BCUT2D eigenvalue weighted by Crippen LogP contribution is -2.47. The predicted molar refractivity (Wildman–Crippen MR) is 85.0 cm³/mol. The normalized spacial score (nSPS) is 18.7. The zero-order valence-corrected chi connectivity index (χ0v) is 15.9. The van der Waals surface area contributed by atoms with Crippen molar-refractivity contribution in [1.29, 1.82) is 0 Å². The van der Waals surface area contributed by atoms with Crippen LogP contribution in [0.15, 0.2) is 12.7 Å². The van der Waals surface area contributed by atoms with Gasteiger partial charge in [0.15, 0.2) is 4.58 Å². The van der Waals surface area contributed by atoms with Gasteiger partial charge in [-0.3, -0.25) is 0 Å². The van der Waals surface area contributed by atoms with Crippen molar-refractivity contribution in [3.05, 3.63) is 12.7 Å². The van der Waals surface area contributed by atoms with E-state index >= 15 is 0 Å². The maximum absolute atomic E-state index is 12.9. The van der Waals surface area contributed by atoms with Crippen molar-refractivity contribution < 1.29 is 52.7 Å². The van der Waals surface area contributed by atoms with Crippen LogP contribution in [0.2, 0.25) is 0 Å². The monoisotopic (exact) mass is 460 g/mol. The Labute approximate surface area is 157 Å². The summed E-state index contributed by atoms with van der Waals surface area (Å²) in [5.41, 5.74) is -12.5. The molecule has 1 saturated carbocycles. The van der Waals surface area contributed by atoms with Gasteiger partial charge in [0.25, 0.3) is 19.7 Å². The summed E-state index contributed by atoms with van der Waals surface area (Å²) in [6.45, 7) is 3.04. The van der Waals surface area contributed by atoms with Crippen LogP contribution < -0.4 is 0 Å². The van der Waals surface area contributed by atoms with Gasteiger partial charge in [-0.25, -0.2) is 21.6 Å². The topological polar surface area (TPSA) is 94.6 Å². The van der Waals surface area contributed by atoms with Crippen LogP contribution in [0.1, 0.15) is 38.5 Å². The molecule has 1 unspecified atom stereocenters. The number of esters is 1. The summed E-state index contributed by atoms with van der Waals surface area (Å²) >= 11 is 0. The molecular formula is C14H18F6O6S2. The van der Waals surface area contributed by atoms with Crippen LogP contribution in [0.5, 0.6) is 0 Å². The molecule has 0 aliphatic heterocycles. The van der Waals surface area contributed by atoms with Crippen molar-refractivity contribution in [2.45, 2.75) is 60.2 Å². The molecule has 0 N–H and O–H groups in total. The fourth-order valence-electron chi connectivity index (χ4n) is 2.95. The average molecular weight is 460 g/mol. The molecule has 6 nitrogen and oxygen atoms in total. The molecule has 1 aliphatic rings. The molecule has 164 valence electrons. The largest absolute Gasteiger partial charge is 0.498 e. The third-order valence-corrected chi connectivity index (χ3v) is 8.95. The van der Waals surface area contributed by atoms with Crippen LogP contribution in [0.3, 0.4) is 0 Å². The molecule has 0 amide bonds. The average Bonchev–Trinajstić information content (AvgIpc) is 2.56. The third kappa shape index (κ3) is 5.39. The number of hydrogen-bond acceptors (Lipinski definition) is 6. The first kappa shape index (κ1) is 24.7. The van der Waals surface area contributed by atoms with E-state index in [1.165, 1.54) is 0 Å². The molecule has 0 bridgehead atoms. The summed E-state index contributed by atoms with van der Waals surface area (Å²) in [6, 6.07) is 0. The minimum atomic E-state index is -6.78. The van der Waals surface area contributed by atoms with Crippen molar-refractivity contribution in [2.24, 2.45) is 5.92 Å². The summed E-state index contributed by atoms with van der Waals surface area (Å²) in [4.78, 5) is 11.5. The summed E-state index contributed by atoms with van der Waals surface area (Å²) < 4.78 is 125. The van der Waals surface area contributed by atoms with Crippen LogP contribution in [0.4, 0.5) is 26.3 Å². The van der Waals surface area contributed by atoms with Gasteiger partial charge in [-0.2, -0.15) is 26.3 Å². The zero-order valence-electron chi connectivity index (χ0n) is 14.3. The third-order valence-electron chi connectivity index (χ3n) is 4.37. The van der Waals surface area contributed by atoms with E-state index in [-0.39, 0.29) is 12.8 Å². The Morgan fingerprint density at radius 3 is 1.75 bits per heavy atom. The van der Waals surface area contributed by atoms with Gasteiger partial charge < -0.3 is 4.74 Å². The fraction of sp³-hybridized carbons (Fsp3) is 0.786. The lowest BCUT2D eigenvalue weighted by molar-refractivity contribution is -0.146. The Balaban J connectivity index is 3.45. The first-order chi connectivity index (χ1) is 12.6. The molecule has 14 heteroatoms. The van der Waals surface area contributed by atoms with Crippen molar-refractivity contribution in [3.63, 3.8) is 0 Å². The fourth-order valence-corrected chi connectivity index (χ4v) is 6.42. The number of carbonyl (C=O) groups excluding carboxylic acids is 1. The van der Waals surface area contributed by atoms with E-state index in [1.54, 1.807) is 0 Å². The molecule has 1 rings (SSSR count). The van der Waals surface area contributed by atoms with Gasteiger partial charge >= 0.3 is 17.0 Å². The molecule has 0 aromatic carbocycles. The van der Waals surface area contributed by atoms with Gasteiger partial charge in [-0.15, -0.1) is 0 Å². The Morgan fingerprint density at radius 1 is 0.964 bits per heavy atom. The standard InChI is InChI=1S/C14H18F6O6S2/c1-2-11(21)26-10(9-6-4-3-5-7-9)8-12(27(22,23)13(15,16)17)28(24,25)14(18,19)20/h2,9-10,12H,1,3-8H2. The van der Waals surface area contributed by atoms with Gasteiger partial charge in [0.1, 0.15) is 6.10 Å². The molecule has 1 aliphatic carbocycles. The van der Waals surface area contributed by atoms with Crippen LogP contribution in [-0.4, -0.2) is 44.5 Å². The number of carbonyl (C=O) groups is 1. The lowest BCUT2D eigenvalue weighted by Gasteiger charge is -2.32. The molecule has 0 aromatic rings. The van der Waals surface area contributed by atoms with E-state index in [4.69, 9.17) is 4.74 Å². The van der Waals surface area contributed by atoms with Gasteiger partial charge in [0.2, 0.25) is 0 Å². The molecule has 1 fully saturated rings. The Morgan fingerprint density at radius 2 is 1.39 bits per heavy atom. The predicted octanol–water partition coefficient (Wildman–Crippen LogP) is 3.25. The second-order valence-corrected chi connectivity index (χ2v) is 10.8. The highest BCUT2D eigenvalue weighted by Crippen LogP contribution is 2.40. The van der Waals surface area contributed by atoms with Crippen LogP contribution in [0, 0.1) is 5.92 Å². The lowest BCUT2D eigenvalue weighted by atomic mass is 9.84. The van der Waals surface area contributed by atoms with E-state index in [0.29, 0.717) is 25.3 Å². The first-order valence-corrected chi connectivity index (χ1v) is 11.1. The van der Waals surface area contributed by atoms with Crippen molar-refractivity contribution in [2.75, 3.05) is 0 Å². The van der Waals surface area contributed by atoms with E-state index in [9.17, 15) is 48.0 Å². The molecule has 0 heterocycles. The highest BCUT2D eigenvalue weighted by atomic mass is 32.3. The minimum absolute atomic E-state index is 0.222. The van der Waals surface area contributed by atoms with Crippen LogP contribution in [0.25, 0.3) is 0 Å². The van der Waals surface area contributed by atoms with Crippen molar-refractivity contribution in [1.82, 2.24) is 0 Å². The molecule has 1 atom stereocenters. The number of halogens is 6. The van der Waals surface area contributed by atoms with Gasteiger partial charge in [0.05, 0.1) is 0 Å². The molecule has 0 saturated heterocycles. The van der Waals surface area contributed by atoms with E-state index in [2.05, 4.69) is 6.58 Å². The maximum atomic E-state index is 12.9. The Hall–Kier alpha value is -1.31. The molecular weight excluding hydrogens is 442 g/mol. The van der Waals surface area contributed by atoms with Gasteiger partial charge in [-0.05, 0) is 18.8 Å². The summed E-state index contributed by atoms with van der Waals surface area (Å²) in [7, 11) is -13.6. The second kappa shape index (κ2) is 8.59. The number of alkyl halides is 6. The minimum Gasteiger partial charge on any atom is -0.459 e. The molecule has 0 aromatic heterocycles. The van der Waals surface area contributed by atoms with E-state index in [1.807, 2.05) is 0 Å². The molecule has 0 spiro atoms. The van der Waals surface area contributed by atoms with E-state index in [0.717, 1.165) is 0 Å². The Bertz CT molecular complexity index is 734. The van der Waals surface area contributed by atoms with Crippen molar-refractivity contribution in [3.8, 4) is 0 Å². The second-order valence-electron chi connectivity index (χ2n) is 6.22. The number of sulfone groups is 2. The highest BCUT2D eigenvalue weighted by molar-refractivity contribution is 8.09.